The van der Waals surface area contributed by atoms with Crippen molar-refractivity contribution in [2.45, 2.75) is 6.92 Å². The lowest BCUT2D eigenvalue weighted by atomic mass is 10.3. The van der Waals surface area contributed by atoms with E-state index in [0.29, 0.717) is 5.71 Å². The number of hydrogen-bond acceptors (Lipinski definition) is 2. The Hall–Kier alpha value is -1.12. The number of rotatable bonds is 2. The van der Waals surface area contributed by atoms with Crippen molar-refractivity contribution < 1.29 is 4.79 Å². The van der Waals surface area contributed by atoms with Crippen molar-refractivity contribution in [3.05, 3.63) is 12.2 Å². The highest BCUT2D eigenvalue weighted by molar-refractivity contribution is 6.42. The first kappa shape index (κ1) is 7.88. The predicted molar refractivity (Wildman–Crippen MR) is 37.4 cm³/mol. The molecule has 0 aliphatic rings. The molecule has 0 aliphatic carbocycles. The molecule has 2 N–H and O–H groups in total. The summed E-state index contributed by atoms with van der Waals surface area (Å²) in [6.07, 6.45) is 3.29. The minimum atomic E-state index is -0.490. The highest BCUT2D eigenvalue weighted by Crippen LogP contribution is 1.78. The van der Waals surface area contributed by atoms with E-state index in [2.05, 4.69) is 4.99 Å². The number of amides is 1. The van der Waals surface area contributed by atoms with E-state index in [4.69, 9.17) is 5.73 Å². The highest BCUT2D eigenvalue weighted by Gasteiger charge is 1.97. The average Bonchev–Trinajstić information content (AvgIpc) is 1.82. The van der Waals surface area contributed by atoms with Gasteiger partial charge in [-0.2, -0.15) is 0 Å². The predicted octanol–water partition coefficient (Wildman–Crippen LogP) is 0.119. The summed E-state index contributed by atoms with van der Waals surface area (Å²) in [6.45, 7) is 1.80. The molecule has 0 heterocycles. The summed E-state index contributed by atoms with van der Waals surface area (Å²) in [5, 5.41) is 0. The van der Waals surface area contributed by atoms with E-state index in [1.54, 1.807) is 19.1 Å². The largest absolute Gasteiger partial charge is 0.364 e. The molecule has 1 amide bonds. The van der Waals surface area contributed by atoms with Crippen LogP contribution in [0.25, 0.3) is 0 Å². The molecular formula is C6H10N2O. The molecule has 0 bridgehead atoms. The molecule has 0 fully saturated rings. The summed E-state index contributed by atoms with van der Waals surface area (Å²) in [5.74, 6) is -0.490. The summed E-state index contributed by atoms with van der Waals surface area (Å²) in [7, 11) is 1.53. The van der Waals surface area contributed by atoms with Crippen molar-refractivity contribution in [3.63, 3.8) is 0 Å². The molecule has 0 atom stereocenters. The minimum absolute atomic E-state index is 0.303. The minimum Gasteiger partial charge on any atom is -0.364 e. The monoisotopic (exact) mass is 126 g/mol. The van der Waals surface area contributed by atoms with Gasteiger partial charge in [0.05, 0.1) is 0 Å². The van der Waals surface area contributed by atoms with Gasteiger partial charge in [-0.05, 0) is 13.0 Å². The maximum absolute atomic E-state index is 10.4. The van der Waals surface area contributed by atoms with Gasteiger partial charge in [0.15, 0.2) is 0 Å². The molecular weight excluding hydrogens is 116 g/mol. The second-order valence-corrected chi connectivity index (χ2v) is 1.47. The summed E-state index contributed by atoms with van der Waals surface area (Å²) < 4.78 is 0. The van der Waals surface area contributed by atoms with Crippen molar-refractivity contribution in [2.24, 2.45) is 10.7 Å². The quantitative estimate of drug-likeness (QED) is 0.525. The number of nitrogens with two attached hydrogens (primary N) is 1. The Bertz CT molecular complexity index is 158. The van der Waals surface area contributed by atoms with Gasteiger partial charge in [-0.15, -0.1) is 0 Å². The third kappa shape index (κ3) is 2.64. The normalized spacial score (nSPS) is 12.4. The average molecular weight is 126 g/mol. The van der Waals surface area contributed by atoms with E-state index in [1.807, 2.05) is 0 Å². The maximum Gasteiger partial charge on any atom is 0.266 e. The summed E-state index contributed by atoms with van der Waals surface area (Å²) in [4.78, 5) is 14.0. The van der Waals surface area contributed by atoms with Crippen molar-refractivity contribution in [1.29, 1.82) is 0 Å². The first-order chi connectivity index (χ1) is 4.22. The van der Waals surface area contributed by atoms with Crippen LogP contribution in [-0.4, -0.2) is 18.7 Å². The van der Waals surface area contributed by atoms with Gasteiger partial charge in [-0.1, -0.05) is 6.08 Å². The summed E-state index contributed by atoms with van der Waals surface area (Å²) in [6, 6.07) is 0. The number of nitrogens with zero attached hydrogens (tertiary/aromatic N) is 1. The molecule has 0 saturated heterocycles. The Kier molecular flexibility index (Phi) is 3.35. The molecule has 0 spiro atoms. The number of carbonyl (C=O) groups excluding carboxylic acids is 1. The third-order valence-corrected chi connectivity index (χ3v) is 0.818. The van der Waals surface area contributed by atoms with Crippen molar-refractivity contribution in [3.8, 4) is 0 Å². The Morgan fingerprint density at radius 2 is 2.22 bits per heavy atom. The van der Waals surface area contributed by atoms with Gasteiger partial charge in [0.2, 0.25) is 0 Å². The molecule has 0 unspecified atom stereocenters. The van der Waals surface area contributed by atoms with Gasteiger partial charge >= 0.3 is 0 Å². The summed E-state index contributed by atoms with van der Waals surface area (Å²) in [5.41, 5.74) is 5.22. The molecule has 9 heavy (non-hydrogen) atoms. The smallest absolute Gasteiger partial charge is 0.266 e. The van der Waals surface area contributed by atoms with Gasteiger partial charge < -0.3 is 5.73 Å². The van der Waals surface area contributed by atoms with E-state index in [9.17, 15) is 4.79 Å². The number of carbonyl (C=O) groups is 1. The molecule has 0 saturated carbocycles. The highest BCUT2D eigenvalue weighted by atomic mass is 16.1. The third-order valence-electron chi connectivity index (χ3n) is 0.818. The number of hydrogen-bond donors (Lipinski definition) is 1. The molecule has 0 aliphatic heterocycles. The van der Waals surface area contributed by atoms with Crippen LogP contribution in [0.2, 0.25) is 0 Å². The molecule has 0 aromatic carbocycles. The Labute approximate surface area is 54.3 Å². The molecule has 0 rings (SSSR count). The second kappa shape index (κ2) is 3.83. The zero-order chi connectivity index (χ0) is 7.28. The van der Waals surface area contributed by atoms with Crippen molar-refractivity contribution in [1.82, 2.24) is 0 Å². The van der Waals surface area contributed by atoms with Crippen LogP contribution >= 0.6 is 0 Å². The Balaban J connectivity index is 4.19. The van der Waals surface area contributed by atoms with E-state index in [-0.39, 0.29) is 0 Å². The molecule has 3 nitrogen and oxygen atoms in total. The molecule has 0 aromatic rings. The molecule has 0 radical (unpaired) electrons. The Morgan fingerprint density at radius 3 is 2.33 bits per heavy atom. The zero-order valence-corrected chi connectivity index (χ0v) is 5.59. The number of primary amides is 1. The molecule has 3 heteroatoms. The van der Waals surface area contributed by atoms with Gasteiger partial charge in [0, 0.05) is 7.05 Å². The van der Waals surface area contributed by atoms with Gasteiger partial charge in [0.25, 0.3) is 5.91 Å². The van der Waals surface area contributed by atoms with Gasteiger partial charge in [0.1, 0.15) is 5.71 Å². The maximum atomic E-state index is 10.4. The Morgan fingerprint density at radius 1 is 1.67 bits per heavy atom. The van der Waals surface area contributed by atoms with Crippen LogP contribution in [-0.2, 0) is 4.79 Å². The van der Waals surface area contributed by atoms with Crippen LogP contribution < -0.4 is 5.73 Å². The van der Waals surface area contributed by atoms with Crippen LogP contribution in [0.4, 0.5) is 0 Å². The first-order valence-corrected chi connectivity index (χ1v) is 2.61. The van der Waals surface area contributed by atoms with Gasteiger partial charge in [-0.25, -0.2) is 0 Å². The van der Waals surface area contributed by atoms with E-state index in [1.165, 1.54) is 7.05 Å². The summed E-state index contributed by atoms with van der Waals surface area (Å²) >= 11 is 0. The van der Waals surface area contributed by atoms with E-state index < -0.39 is 5.91 Å². The number of allylic oxidation sites excluding steroid dienone is 1. The lowest BCUT2D eigenvalue weighted by Crippen LogP contribution is -2.21. The zero-order valence-electron chi connectivity index (χ0n) is 5.59. The van der Waals surface area contributed by atoms with Crippen LogP contribution in [0.5, 0.6) is 0 Å². The molecule has 0 aromatic heterocycles. The standard InChI is InChI=1S/C6H10N2O/c1-3-4-5(8-2)6(7)9/h3-4H,1-2H3,(H2,7,9)/b4-3-,8-5?. The second-order valence-electron chi connectivity index (χ2n) is 1.47. The van der Waals surface area contributed by atoms with E-state index >= 15 is 0 Å². The SMILES string of the molecule is C/C=C\C(=NC)C(N)=O. The fraction of sp³-hybridized carbons (Fsp3) is 0.333. The first-order valence-electron chi connectivity index (χ1n) is 2.61. The van der Waals surface area contributed by atoms with Crippen LogP contribution in [0, 0.1) is 0 Å². The van der Waals surface area contributed by atoms with Crippen LogP contribution in [0.3, 0.4) is 0 Å². The lowest BCUT2D eigenvalue weighted by molar-refractivity contribution is -0.111. The van der Waals surface area contributed by atoms with Crippen LogP contribution in [0.15, 0.2) is 17.1 Å². The van der Waals surface area contributed by atoms with E-state index in [0.717, 1.165) is 0 Å². The lowest BCUT2D eigenvalue weighted by Gasteiger charge is -1.88. The van der Waals surface area contributed by atoms with Gasteiger partial charge in [-0.3, -0.25) is 9.79 Å². The van der Waals surface area contributed by atoms with Crippen LogP contribution in [0.1, 0.15) is 6.92 Å². The van der Waals surface area contributed by atoms with Crippen molar-refractivity contribution >= 4 is 11.6 Å². The number of aliphatic imine (C=N–C) groups is 1. The van der Waals surface area contributed by atoms with Crippen molar-refractivity contribution in [2.75, 3.05) is 7.05 Å². The fourth-order valence-corrected chi connectivity index (χ4v) is 0.425. The topological polar surface area (TPSA) is 55.4 Å². The fourth-order valence-electron chi connectivity index (χ4n) is 0.425. The molecule has 50 valence electrons.